The van der Waals surface area contributed by atoms with Crippen LogP contribution in [0.15, 0.2) is 0 Å². The lowest BCUT2D eigenvalue weighted by Crippen LogP contribution is -2.35. The lowest BCUT2D eigenvalue weighted by molar-refractivity contribution is -0.142. The Morgan fingerprint density at radius 1 is 1.78 bits per heavy atom. The van der Waals surface area contributed by atoms with E-state index >= 15 is 0 Å². The van der Waals surface area contributed by atoms with Crippen molar-refractivity contribution >= 4 is 23.3 Å². The van der Waals surface area contributed by atoms with Crippen molar-refractivity contribution in [2.75, 3.05) is 6.54 Å². The quantitative estimate of drug-likeness (QED) is 0.318. The summed E-state index contributed by atoms with van der Waals surface area (Å²) in [4.78, 5) is 14.0. The number of hydrogen-bond acceptors (Lipinski definition) is 4. The molecule has 0 aliphatic carbocycles. The molecule has 0 unspecified atom stereocenters. The normalized spacial score (nSPS) is 8.11. The van der Waals surface area contributed by atoms with Gasteiger partial charge in [0.1, 0.15) is 6.54 Å². The molecule has 0 amide bonds. The molecule has 0 aliphatic heterocycles. The zero-order valence-electron chi connectivity index (χ0n) is 4.59. The van der Waals surface area contributed by atoms with Crippen LogP contribution in [0.4, 0.5) is 0 Å². The van der Waals surface area contributed by atoms with Crippen molar-refractivity contribution in [1.29, 1.82) is 0 Å². The van der Waals surface area contributed by atoms with Crippen molar-refractivity contribution in [2.24, 2.45) is 11.6 Å². The Morgan fingerprint density at radius 3 is 2.67 bits per heavy atom. The predicted octanol–water partition coefficient (Wildman–Crippen LogP) is -1.76. The number of rotatable bonds is 2. The minimum Gasteiger partial charge on any atom is -0.376 e. The van der Waals surface area contributed by atoms with E-state index in [0.29, 0.717) is 0 Å². The molecule has 9 heavy (non-hydrogen) atoms. The van der Waals surface area contributed by atoms with Crippen LogP contribution in [0.1, 0.15) is 0 Å². The molecule has 0 rings (SSSR count). The first-order chi connectivity index (χ1) is 4.16. The molecule has 52 valence electrons. The van der Waals surface area contributed by atoms with Crippen molar-refractivity contribution in [3.8, 4) is 0 Å². The molecule has 0 aliphatic rings. The molecule has 0 bridgehead atoms. The number of nitrogens with one attached hydrogen (secondary N) is 1. The average molecular weight is 149 g/mol. The van der Waals surface area contributed by atoms with Crippen LogP contribution in [0.3, 0.4) is 0 Å². The maximum atomic E-state index is 10.2. The van der Waals surface area contributed by atoms with Gasteiger partial charge >= 0.3 is 5.97 Å². The average Bonchev–Trinajstić information content (AvgIpc) is 1.83. The van der Waals surface area contributed by atoms with Gasteiger partial charge in [0.05, 0.1) is 0 Å². The van der Waals surface area contributed by atoms with E-state index < -0.39 is 5.97 Å². The van der Waals surface area contributed by atoms with Crippen LogP contribution in [-0.2, 0) is 9.63 Å². The number of thiocarbonyl (C=S) groups is 1. The highest BCUT2D eigenvalue weighted by molar-refractivity contribution is 7.80. The van der Waals surface area contributed by atoms with E-state index in [2.05, 4.69) is 28.3 Å². The van der Waals surface area contributed by atoms with Gasteiger partial charge in [0.15, 0.2) is 5.11 Å². The van der Waals surface area contributed by atoms with Gasteiger partial charge < -0.3 is 15.9 Å². The summed E-state index contributed by atoms with van der Waals surface area (Å²) in [5.74, 6) is 3.88. The molecule has 0 radical (unpaired) electrons. The lowest BCUT2D eigenvalue weighted by Gasteiger charge is -1.98. The van der Waals surface area contributed by atoms with Crippen LogP contribution >= 0.6 is 12.2 Å². The maximum Gasteiger partial charge on any atom is 0.343 e. The fraction of sp³-hybridized carbons (Fsp3) is 0.333. The third-order valence-corrected chi connectivity index (χ3v) is 0.683. The molecule has 0 heterocycles. The Morgan fingerprint density at radius 2 is 2.33 bits per heavy atom. The van der Waals surface area contributed by atoms with Crippen molar-refractivity contribution in [3.05, 3.63) is 0 Å². The van der Waals surface area contributed by atoms with Gasteiger partial charge in [0.25, 0.3) is 0 Å². The lowest BCUT2D eigenvalue weighted by atomic mass is 10.7. The zero-order chi connectivity index (χ0) is 7.28. The highest BCUT2D eigenvalue weighted by Crippen LogP contribution is 1.65. The number of hydrogen-bond donors (Lipinski definition) is 3. The molecule has 0 spiro atoms. The van der Waals surface area contributed by atoms with Crippen LogP contribution < -0.4 is 16.9 Å². The third-order valence-electron chi connectivity index (χ3n) is 0.538. The monoisotopic (exact) mass is 149 g/mol. The van der Waals surface area contributed by atoms with E-state index in [-0.39, 0.29) is 11.7 Å². The van der Waals surface area contributed by atoms with E-state index in [4.69, 9.17) is 5.73 Å². The topological polar surface area (TPSA) is 90.4 Å². The van der Waals surface area contributed by atoms with Crippen LogP contribution in [0.2, 0.25) is 0 Å². The van der Waals surface area contributed by atoms with Gasteiger partial charge in [-0.15, -0.1) is 0 Å². The molecule has 0 saturated carbocycles. The standard InChI is InChI=1S/C3H7N3O2S/c4-3(9)6-1-2(7)8-5/h1,5H2,(H3,4,6,9). The Labute approximate surface area is 57.3 Å². The van der Waals surface area contributed by atoms with Crippen molar-refractivity contribution < 1.29 is 9.63 Å². The first-order valence-corrected chi connectivity index (χ1v) is 2.50. The van der Waals surface area contributed by atoms with Gasteiger partial charge in [0, 0.05) is 0 Å². The second-order valence-electron chi connectivity index (χ2n) is 1.21. The summed E-state index contributed by atoms with van der Waals surface area (Å²) >= 11 is 4.38. The largest absolute Gasteiger partial charge is 0.376 e. The number of carbonyl (C=O) groups excluding carboxylic acids is 1. The van der Waals surface area contributed by atoms with E-state index in [1.165, 1.54) is 0 Å². The highest BCUT2D eigenvalue weighted by Gasteiger charge is 1.97. The van der Waals surface area contributed by atoms with Gasteiger partial charge in [-0.3, -0.25) is 0 Å². The Kier molecular flexibility index (Phi) is 3.65. The summed E-state index contributed by atoms with van der Waals surface area (Å²) in [6, 6.07) is 0. The molecule has 5 nitrogen and oxygen atoms in total. The fourth-order valence-electron chi connectivity index (χ4n) is 0.201. The summed E-state index contributed by atoms with van der Waals surface area (Å²) in [5, 5.41) is 2.39. The molecule has 0 saturated heterocycles. The van der Waals surface area contributed by atoms with Gasteiger partial charge in [0.2, 0.25) is 0 Å². The second-order valence-corrected chi connectivity index (χ2v) is 1.65. The maximum absolute atomic E-state index is 10.2. The minimum atomic E-state index is -0.609. The van der Waals surface area contributed by atoms with E-state index in [1.807, 2.05) is 0 Å². The molecule has 5 N–H and O–H groups in total. The molecule has 0 fully saturated rings. The third kappa shape index (κ3) is 4.98. The molecule has 0 atom stereocenters. The van der Waals surface area contributed by atoms with Crippen LogP contribution in [0.5, 0.6) is 0 Å². The SMILES string of the molecule is NOC(=O)CNC(N)=S. The number of carbonyl (C=O) groups is 1. The highest BCUT2D eigenvalue weighted by atomic mass is 32.1. The molecular formula is C3H7N3O2S. The number of nitrogens with two attached hydrogens (primary N) is 2. The first kappa shape index (κ1) is 8.12. The van der Waals surface area contributed by atoms with E-state index in [9.17, 15) is 4.79 Å². The fourth-order valence-corrected chi connectivity index (χ4v) is 0.273. The molecule has 0 aromatic heterocycles. The van der Waals surface area contributed by atoms with Crippen molar-refractivity contribution in [3.63, 3.8) is 0 Å². The minimum absolute atomic E-state index is 0.0420. The van der Waals surface area contributed by atoms with Gasteiger partial charge in [-0.05, 0) is 12.2 Å². The van der Waals surface area contributed by atoms with E-state index in [1.54, 1.807) is 0 Å². The second kappa shape index (κ2) is 4.04. The summed E-state index contributed by atoms with van der Waals surface area (Å²) in [5.41, 5.74) is 4.97. The van der Waals surface area contributed by atoms with Crippen molar-refractivity contribution in [1.82, 2.24) is 5.32 Å². The van der Waals surface area contributed by atoms with Gasteiger partial charge in [-0.25, -0.2) is 4.79 Å². The Balaban J connectivity index is 3.28. The van der Waals surface area contributed by atoms with E-state index in [0.717, 1.165) is 0 Å². The van der Waals surface area contributed by atoms with Gasteiger partial charge in [-0.1, -0.05) is 0 Å². The predicted molar refractivity (Wildman–Crippen MR) is 35.1 cm³/mol. The van der Waals surface area contributed by atoms with Crippen LogP contribution in [0.25, 0.3) is 0 Å². The Hall–Kier alpha value is -0.880. The van der Waals surface area contributed by atoms with Crippen molar-refractivity contribution in [2.45, 2.75) is 0 Å². The molecule has 6 heteroatoms. The van der Waals surface area contributed by atoms with Crippen LogP contribution in [0, 0.1) is 0 Å². The summed E-state index contributed by atoms with van der Waals surface area (Å²) in [6.07, 6.45) is 0. The Bertz CT molecular complexity index is 126. The molecule has 0 aromatic rings. The van der Waals surface area contributed by atoms with Gasteiger partial charge in [-0.2, -0.15) is 5.90 Å². The smallest absolute Gasteiger partial charge is 0.343 e. The summed E-state index contributed by atoms with van der Waals surface area (Å²) in [7, 11) is 0. The first-order valence-electron chi connectivity index (χ1n) is 2.09. The molecule has 0 aromatic carbocycles. The summed E-state index contributed by atoms with van der Waals surface area (Å²) in [6.45, 7) is -0.0914. The zero-order valence-corrected chi connectivity index (χ0v) is 5.40. The molecular weight excluding hydrogens is 142 g/mol. The van der Waals surface area contributed by atoms with Crippen LogP contribution in [-0.4, -0.2) is 17.6 Å². The summed E-state index contributed by atoms with van der Waals surface area (Å²) < 4.78 is 0.